The van der Waals surface area contributed by atoms with Crippen molar-refractivity contribution in [2.24, 2.45) is 5.92 Å². The number of benzene rings is 1. The molecule has 7 nitrogen and oxygen atoms in total. The third-order valence-electron chi connectivity index (χ3n) is 4.76. The number of sulfonamides is 1. The van der Waals surface area contributed by atoms with E-state index in [2.05, 4.69) is 17.0 Å². The Morgan fingerprint density at radius 2 is 1.89 bits per heavy atom. The lowest BCUT2D eigenvalue weighted by molar-refractivity contribution is -0.135. The van der Waals surface area contributed by atoms with Gasteiger partial charge in [0, 0.05) is 23.5 Å². The van der Waals surface area contributed by atoms with Gasteiger partial charge in [0.1, 0.15) is 0 Å². The molecule has 0 unspecified atom stereocenters. The van der Waals surface area contributed by atoms with Crippen molar-refractivity contribution in [1.82, 2.24) is 9.62 Å². The van der Waals surface area contributed by atoms with Crippen LogP contribution >= 0.6 is 11.8 Å². The van der Waals surface area contributed by atoms with Gasteiger partial charge >= 0.3 is 0 Å². The second-order valence-electron chi connectivity index (χ2n) is 8.51. The molecule has 9 heteroatoms. The van der Waals surface area contributed by atoms with Crippen molar-refractivity contribution in [2.45, 2.75) is 61.1 Å². The normalized spacial score (nSPS) is 21.2. The third kappa shape index (κ3) is 4.69. The topological polar surface area (TPSA) is 95.6 Å². The molecular formula is C19H27N3O4S2. The second kappa shape index (κ2) is 7.68. The van der Waals surface area contributed by atoms with Crippen LogP contribution in [-0.4, -0.2) is 49.0 Å². The van der Waals surface area contributed by atoms with E-state index in [9.17, 15) is 18.0 Å². The molecule has 1 saturated heterocycles. The van der Waals surface area contributed by atoms with Gasteiger partial charge in [0.25, 0.3) is 0 Å². The number of nitrogens with zero attached hydrogens (tertiary/aromatic N) is 1. The molecule has 1 aromatic carbocycles. The number of likely N-dealkylation sites (tertiary alicyclic amines) is 1. The Morgan fingerprint density at radius 3 is 2.50 bits per heavy atom. The van der Waals surface area contributed by atoms with Crippen LogP contribution < -0.4 is 10.0 Å². The van der Waals surface area contributed by atoms with Crippen LogP contribution in [0.5, 0.6) is 0 Å². The lowest BCUT2D eigenvalue weighted by Crippen LogP contribution is -2.47. The molecule has 2 N–H and O–H groups in total. The highest BCUT2D eigenvalue weighted by Gasteiger charge is 2.37. The minimum Gasteiger partial charge on any atom is -0.341 e. The summed E-state index contributed by atoms with van der Waals surface area (Å²) in [5, 5.41) is 1.88. The number of nitrogens with one attached hydrogen (secondary N) is 2. The lowest BCUT2D eigenvalue weighted by Gasteiger charge is -2.33. The Hall–Kier alpha value is -1.58. The lowest BCUT2D eigenvalue weighted by atomic mass is 9.99. The average Bonchev–Trinajstić information content (AvgIpc) is 2.58. The number of thioether (sulfide) groups is 1. The molecule has 3 rings (SSSR count). The first-order valence-corrected chi connectivity index (χ1v) is 11.8. The largest absolute Gasteiger partial charge is 0.341 e. The fourth-order valence-corrected chi connectivity index (χ4v) is 5.77. The van der Waals surface area contributed by atoms with E-state index in [1.165, 1.54) is 23.9 Å². The number of carbonyl (C=O) groups is 2. The minimum atomic E-state index is -3.71. The van der Waals surface area contributed by atoms with Crippen molar-refractivity contribution < 1.29 is 18.0 Å². The molecule has 2 aliphatic rings. The van der Waals surface area contributed by atoms with Gasteiger partial charge < -0.3 is 10.2 Å². The van der Waals surface area contributed by atoms with Gasteiger partial charge in [-0.25, -0.2) is 13.1 Å². The summed E-state index contributed by atoms with van der Waals surface area (Å²) in [5.41, 5.74) is -0.195. The summed E-state index contributed by atoms with van der Waals surface area (Å²) in [5.74, 6) is 0.0188. The van der Waals surface area contributed by atoms with E-state index in [0.717, 1.165) is 12.8 Å². The number of fused-ring (bicyclic) bond motifs is 1. The van der Waals surface area contributed by atoms with Crippen LogP contribution in [0.3, 0.4) is 0 Å². The number of hydrogen-bond donors (Lipinski definition) is 2. The van der Waals surface area contributed by atoms with Crippen LogP contribution in [0.25, 0.3) is 0 Å². The van der Waals surface area contributed by atoms with Crippen molar-refractivity contribution in [2.75, 3.05) is 18.4 Å². The molecule has 0 spiro atoms. The van der Waals surface area contributed by atoms with Gasteiger partial charge in [-0.15, -0.1) is 11.8 Å². The summed E-state index contributed by atoms with van der Waals surface area (Å²) < 4.78 is 27.7. The Labute approximate surface area is 170 Å². The monoisotopic (exact) mass is 425 g/mol. The van der Waals surface area contributed by atoms with Gasteiger partial charge in [-0.05, 0) is 57.7 Å². The molecule has 0 aromatic heterocycles. The molecular weight excluding hydrogens is 398 g/mol. The standard InChI is InChI=1S/C19H27N3O4S2/c1-12-7-9-22(10-8-12)18(24)16-17(23)20-14-11-13(5-6-15(14)27-16)28(25,26)21-19(2,3)4/h5-6,11-12,16,21H,7-10H2,1-4H3,(H,20,23)/t16-/m0/s1. The predicted molar refractivity (Wildman–Crippen MR) is 110 cm³/mol. The smallest absolute Gasteiger partial charge is 0.247 e. The van der Waals surface area contributed by atoms with Crippen molar-refractivity contribution >= 4 is 39.3 Å². The number of piperidine rings is 1. The van der Waals surface area contributed by atoms with Crippen molar-refractivity contribution in [3.05, 3.63) is 18.2 Å². The van der Waals surface area contributed by atoms with Crippen LogP contribution in [0, 0.1) is 5.92 Å². The zero-order valence-electron chi connectivity index (χ0n) is 16.6. The fraction of sp³-hybridized carbons (Fsp3) is 0.579. The van der Waals surface area contributed by atoms with Crippen LogP contribution in [0.15, 0.2) is 28.0 Å². The number of rotatable bonds is 3. The summed E-state index contributed by atoms with van der Waals surface area (Å²) in [7, 11) is -3.71. The molecule has 1 fully saturated rings. The van der Waals surface area contributed by atoms with E-state index in [1.807, 2.05) is 0 Å². The Balaban J connectivity index is 1.79. The van der Waals surface area contributed by atoms with Gasteiger partial charge in [0.05, 0.1) is 10.6 Å². The van der Waals surface area contributed by atoms with Crippen molar-refractivity contribution in [1.29, 1.82) is 0 Å². The first-order valence-electron chi connectivity index (χ1n) is 9.40. The second-order valence-corrected chi connectivity index (χ2v) is 11.3. The van der Waals surface area contributed by atoms with Crippen LogP contribution in [0.2, 0.25) is 0 Å². The van der Waals surface area contributed by atoms with Crippen molar-refractivity contribution in [3.8, 4) is 0 Å². The van der Waals surface area contributed by atoms with Gasteiger partial charge in [0.2, 0.25) is 21.8 Å². The first-order chi connectivity index (χ1) is 13.0. The summed E-state index contributed by atoms with van der Waals surface area (Å²) in [4.78, 5) is 27.9. The summed E-state index contributed by atoms with van der Waals surface area (Å²) in [6.07, 6.45) is 1.90. The highest BCUT2D eigenvalue weighted by atomic mass is 32.2. The van der Waals surface area contributed by atoms with Crippen LogP contribution in [0.4, 0.5) is 5.69 Å². The number of hydrogen-bond acceptors (Lipinski definition) is 5. The predicted octanol–water partition coefficient (Wildman–Crippen LogP) is 2.43. The quantitative estimate of drug-likeness (QED) is 0.725. The number of anilines is 1. The molecule has 2 aliphatic heterocycles. The van der Waals surface area contributed by atoms with Crippen molar-refractivity contribution in [3.63, 3.8) is 0 Å². The van der Waals surface area contributed by atoms with Crippen LogP contribution in [0.1, 0.15) is 40.5 Å². The zero-order chi connectivity index (χ0) is 20.7. The van der Waals surface area contributed by atoms with Gasteiger partial charge in [-0.3, -0.25) is 9.59 Å². The first kappa shape index (κ1) is 21.1. The Kier molecular flexibility index (Phi) is 5.80. The number of carbonyl (C=O) groups excluding carboxylic acids is 2. The van der Waals surface area contributed by atoms with Gasteiger partial charge in [-0.2, -0.15) is 0 Å². The van der Waals surface area contributed by atoms with E-state index >= 15 is 0 Å². The maximum absolute atomic E-state index is 12.8. The summed E-state index contributed by atoms with van der Waals surface area (Å²) >= 11 is 1.18. The highest BCUT2D eigenvalue weighted by molar-refractivity contribution is 8.01. The van der Waals surface area contributed by atoms with E-state index in [-0.39, 0.29) is 10.8 Å². The number of amides is 2. The van der Waals surface area contributed by atoms with Crippen LogP contribution in [-0.2, 0) is 19.6 Å². The average molecular weight is 426 g/mol. The van der Waals surface area contributed by atoms with E-state index < -0.39 is 26.7 Å². The minimum absolute atomic E-state index is 0.0804. The molecule has 2 amide bonds. The Morgan fingerprint density at radius 1 is 1.25 bits per heavy atom. The summed E-state index contributed by atoms with van der Waals surface area (Å²) in [6.45, 7) is 8.80. The fourth-order valence-electron chi connectivity index (χ4n) is 3.27. The van der Waals surface area contributed by atoms with E-state index in [1.54, 1.807) is 31.7 Å². The molecule has 0 bridgehead atoms. The van der Waals surface area contributed by atoms with E-state index in [0.29, 0.717) is 29.6 Å². The molecule has 28 heavy (non-hydrogen) atoms. The molecule has 0 radical (unpaired) electrons. The van der Waals surface area contributed by atoms with Gasteiger partial charge in [-0.1, -0.05) is 6.92 Å². The SMILES string of the molecule is CC1CCN(C(=O)[C@H]2Sc3ccc(S(=O)(=O)NC(C)(C)C)cc3NC2=O)CC1. The molecule has 0 saturated carbocycles. The Bertz CT molecular complexity index is 885. The maximum atomic E-state index is 12.8. The molecule has 1 atom stereocenters. The molecule has 0 aliphatic carbocycles. The van der Waals surface area contributed by atoms with Gasteiger partial charge in [0.15, 0.2) is 5.25 Å². The van der Waals surface area contributed by atoms with E-state index in [4.69, 9.17) is 0 Å². The summed E-state index contributed by atoms with van der Waals surface area (Å²) in [6, 6.07) is 4.59. The maximum Gasteiger partial charge on any atom is 0.247 e. The molecule has 2 heterocycles. The highest BCUT2D eigenvalue weighted by Crippen LogP contribution is 2.38. The molecule has 1 aromatic rings. The zero-order valence-corrected chi connectivity index (χ0v) is 18.2. The third-order valence-corrected chi connectivity index (χ3v) is 7.78. The molecule has 154 valence electrons.